The Morgan fingerprint density at radius 2 is 1.71 bits per heavy atom. The summed E-state index contributed by atoms with van der Waals surface area (Å²) in [6, 6.07) is 0.658. The van der Waals surface area contributed by atoms with Gasteiger partial charge in [-0.25, -0.2) is 9.79 Å². The average Bonchev–Trinajstić information content (AvgIpc) is 2.22. The van der Waals surface area contributed by atoms with Crippen molar-refractivity contribution in [1.82, 2.24) is 0 Å². The van der Waals surface area contributed by atoms with Crippen LogP contribution in [0.2, 0.25) is 6.04 Å². The third-order valence-corrected chi connectivity index (χ3v) is 5.21. The van der Waals surface area contributed by atoms with Crippen molar-refractivity contribution >= 4 is 14.9 Å². The van der Waals surface area contributed by atoms with E-state index >= 15 is 0 Å². The van der Waals surface area contributed by atoms with Gasteiger partial charge in [-0.15, -0.1) is 0 Å². The molecule has 0 atom stereocenters. The first-order chi connectivity index (χ1) is 7.95. The minimum Gasteiger partial charge on any atom is -0.377 e. The quantitative estimate of drug-likeness (QED) is 0.276. The molecule has 0 aliphatic carbocycles. The molecule has 0 aromatic carbocycles. The average molecular weight is 261 g/mol. The van der Waals surface area contributed by atoms with Gasteiger partial charge in [0.15, 0.2) is 0 Å². The van der Waals surface area contributed by atoms with Crippen LogP contribution < -0.4 is 0 Å². The molecule has 0 heterocycles. The Kier molecular flexibility index (Phi) is 8.29. The van der Waals surface area contributed by atoms with E-state index < -0.39 is 8.80 Å². The molecule has 0 amide bonds. The highest BCUT2D eigenvalue weighted by atomic mass is 28.4. The zero-order valence-corrected chi connectivity index (χ0v) is 12.4. The first-order valence-electron chi connectivity index (χ1n) is 5.90. The fourth-order valence-electron chi connectivity index (χ4n) is 1.48. The summed E-state index contributed by atoms with van der Waals surface area (Å²) in [7, 11) is -1.02. The number of rotatable bonds is 9. The van der Waals surface area contributed by atoms with Crippen LogP contribution in [0.4, 0.5) is 0 Å². The van der Waals surface area contributed by atoms with Crippen molar-refractivity contribution < 1.29 is 18.1 Å². The maximum absolute atomic E-state index is 9.98. The molecule has 0 radical (unpaired) electrons. The fraction of sp³-hybridized carbons (Fsp3) is 0.909. The molecule has 0 aliphatic rings. The Hall–Kier alpha value is -0.523. The first-order valence-corrected chi connectivity index (χ1v) is 7.83. The second-order valence-electron chi connectivity index (χ2n) is 4.30. The summed E-state index contributed by atoms with van der Waals surface area (Å²) in [4.78, 5) is 13.5. The van der Waals surface area contributed by atoms with Crippen LogP contribution in [-0.2, 0) is 18.1 Å². The number of isocyanates is 1. The molecule has 6 heteroatoms. The first kappa shape index (κ1) is 16.5. The fourth-order valence-corrected chi connectivity index (χ4v) is 4.20. The topological polar surface area (TPSA) is 57.1 Å². The molecule has 0 aromatic rings. The molecule has 0 spiro atoms. The number of carbonyl (C=O) groups excluding carboxylic acids is 1. The van der Waals surface area contributed by atoms with E-state index in [1.54, 1.807) is 7.11 Å². The summed E-state index contributed by atoms with van der Waals surface area (Å²) in [6.45, 7) is 8.24. The minimum atomic E-state index is -2.64. The molecule has 0 saturated carbocycles. The van der Waals surface area contributed by atoms with Gasteiger partial charge in [-0.1, -0.05) is 0 Å². The van der Waals surface area contributed by atoms with Gasteiger partial charge >= 0.3 is 8.80 Å². The van der Waals surface area contributed by atoms with Gasteiger partial charge in [0.2, 0.25) is 6.08 Å². The van der Waals surface area contributed by atoms with Crippen LogP contribution in [0.5, 0.6) is 0 Å². The molecular formula is C11H23NO4Si. The predicted molar refractivity (Wildman–Crippen MR) is 67.6 cm³/mol. The zero-order chi connectivity index (χ0) is 13.3. The van der Waals surface area contributed by atoms with Crippen molar-refractivity contribution in [2.24, 2.45) is 4.99 Å². The van der Waals surface area contributed by atoms with Crippen LogP contribution in [0.15, 0.2) is 4.99 Å². The lowest BCUT2D eigenvalue weighted by Gasteiger charge is -2.31. The summed E-state index contributed by atoms with van der Waals surface area (Å²) in [5.74, 6) is 0. The minimum absolute atomic E-state index is 0.0509. The van der Waals surface area contributed by atoms with Crippen LogP contribution >= 0.6 is 0 Å². The van der Waals surface area contributed by atoms with Crippen molar-refractivity contribution in [3.05, 3.63) is 0 Å². The Balaban J connectivity index is 4.48. The summed E-state index contributed by atoms with van der Waals surface area (Å²) >= 11 is 0. The molecular weight excluding hydrogens is 238 g/mol. The second-order valence-corrected chi connectivity index (χ2v) is 7.04. The Morgan fingerprint density at radius 3 is 2.06 bits per heavy atom. The molecule has 0 saturated heterocycles. The maximum Gasteiger partial charge on any atom is 0.501 e. The smallest absolute Gasteiger partial charge is 0.377 e. The highest BCUT2D eigenvalue weighted by Crippen LogP contribution is 2.21. The van der Waals surface area contributed by atoms with Crippen molar-refractivity contribution in [3.8, 4) is 0 Å². The Bertz CT molecular complexity index is 242. The van der Waals surface area contributed by atoms with Gasteiger partial charge in [0, 0.05) is 25.4 Å². The molecule has 0 unspecified atom stereocenters. The lowest BCUT2D eigenvalue weighted by Crippen LogP contribution is -2.48. The molecule has 0 bridgehead atoms. The number of hydrogen-bond acceptors (Lipinski definition) is 5. The van der Waals surface area contributed by atoms with Crippen molar-refractivity contribution in [2.45, 2.75) is 52.4 Å². The van der Waals surface area contributed by atoms with Gasteiger partial charge in [0.25, 0.3) is 0 Å². The molecule has 5 nitrogen and oxygen atoms in total. The monoisotopic (exact) mass is 261 g/mol. The highest BCUT2D eigenvalue weighted by molar-refractivity contribution is 6.60. The summed E-state index contributed by atoms with van der Waals surface area (Å²) in [5.41, 5.74) is 0. The lowest BCUT2D eigenvalue weighted by molar-refractivity contribution is 0.0326. The predicted octanol–water partition coefficient (Wildman–Crippen LogP) is 2.15. The van der Waals surface area contributed by atoms with E-state index in [9.17, 15) is 4.79 Å². The third-order valence-electron chi connectivity index (χ3n) is 1.96. The van der Waals surface area contributed by atoms with E-state index in [-0.39, 0.29) is 12.2 Å². The van der Waals surface area contributed by atoms with E-state index in [2.05, 4.69) is 4.99 Å². The molecule has 17 heavy (non-hydrogen) atoms. The van der Waals surface area contributed by atoms with Crippen molar-refractivity contribution in [1.29, 1.82) is 0 Å². The Labute approximate surface area is 105 Å². The zero-order valence-electron chi connectivity index (χ0n) is 11.4. The molecule has 0 rings (SSSR count). The van der Waals surface area contributed by atoms with Gasteiger partial charge in [-0.05, 0) is 34.1 Å². The van der Waals surface area contributed by atoms with Crippen LogP contribution in [0, 0.1) is 0 Å². The van der Waals surface area contributed by atoms with Crippen molar-refractivity contribution in [3.63, 3.8) is 0 Å². The molecule has 100 valence electrons. The van der Waals surface area contributed by atoms with Gasteiger partial charge in [0.1, 0.15) is 0 Å². The molecule has 0 N–H and O–H groups in total. The van der Waals surface area contributed by atoms with Gasteiger partial charge in [0.05, 0.1) is 6.54 Å². The van der Waals surface area contributed by atoms with E-state index in [4.69, 9.17) is 13.3 Å². The standard InChI is InChI=1S/C11H23NO4Si/c1-10(2)15-17(14-5,16-11(3)4)8-6-7-12-9-13/h10-11H,6-8H2,1-5H3. The van der Waals surface area contributed by atoms with Gasteiger partial charge in [-0.2, -0.15) is 0 Å². The van der Waals surface area contributed by atoms with E-state index in [1.165, 1.54) is 6.08 Å². The normalized spacial score (nSPS) is 11.9. The third kappa shape index (κ3) is 7.41. The SMILES string of the molecule is CO[Si](CCCN=C=O)(OC(C)C)OC(C)C. The van der Waals surface area contributed by atoms with E-state index in [0.717, 1.165) is 0 Å². The number of nitrogens with zero attached hydrogens (tertiary/aromatic N) is 1. The van der Waals surface area contributed by atoms with Crippen molar-refractivity contribution in [2.75, 3.05) is 13.7 Å². The molecule has 0 fully saturated rings. The van der Waals surface area contributed by atoms with Gasteiger partial charge < -0.3 is 13.3 Å². The maximum atomic E-state index is 9.98. The number of hydrogen-bond donors (Lipinski definition) is 0. The lowest BCUT2D eigenvalue weighted by atomic mass is 10.5. The molecule has 0 aliphatic heterocycles. The van der Waals surface area contributed by atoms with E-state index in [0.29, 0.717) is 19.0 Å². The summed E-state index contributed by atoms with van der Waals surface area (Å²) in [6.07, 6.45) is 2.33. The largest absolute Gasteiger partial charge is 0.501 e. The van der Waals surface area contributed by atoms with Crippen LogP contribution in [0.1, 0.15) is 34.1 Å². The van der Waals surface area contributed by atoms with E-state index in [1.807, 2.05) is 27.7 Å². The van der Waals surface area contributed by atoms with Crippen LogP contribution in [0.3, 0.4) is 0 Å². The van der Waals surface area contributed by atoms with Crippen LogP contribution in [-0.4, -0.2) is 40.7 Å². The number of aliphatic imine (C=N–C) groups is 1. The molecule has 0 aromatic heterocycles. The highest BCUT2D eigenvalue weighted by Gasteiger charge is 2.41. The summed E-state index contributed by atoms with van der Waals surface area (Å²) in [5, 5.41) is 0. The van der Waals surface area contributed by atoms with Gasteiger partial charge in [-0.3, -0.25) is 0 Å². The second kappa shape index (κ2) is 8.55. The Morgan fingerprint density at radius 1 is 1.18 bits per heavy atom. The summed E-state index contributed by atoms with van der Waals surface area (Å²) < 4.78 is 17.2. The van der Waals surface area contributed by atoms with Crippen LogP contribution in [0.25, 0.3) is 0 Å².